The van der Waals surface area contributed by atoms with Crippen LogP contribution in [0.2, 0.25) is 0 Å². The van der Waals surface area contributed by atoms with Crippen molar-refractivity contribution in [1.29, 1.82) is 0 Å². The molecule has 2 aliphatic rings. The number of morpholine rings is 1. The van der Waals surface area contributed by atoms with Gasteiger partial charge in [0.05, 0.1) is 38.5 Å². The molecule has 4 unspecified atom stereocenters. The molecule has 0 aliphatic carbocycles. The normalized spacial score (nSPS) is 32.6. The Kier molecular flexibility index (Phi) is 4.95. The monoisotopic (exact) mass is 299 g/mol. The topological polar surface area (TPSA) is 82.1 Å². The van der Waals surface area contributed by atoms with Gasteiger partial charge in [-0.3, -0.25) is 19.3 Å². The first-order valence-electron chi connectivity index (χ1n) is 7.19. The fourth-order valence-electron chi connectivity index (χ4n) is 3.04. The summed E-state index contributed by atoms with van der Waals surface area (Å²) in [5.74, 6) is -3.61. The molecule has 0 spiro atoms. The maximum Gasteiger partial charge on any atom is 0.318 e. The smallest absolute Gasteiger partial charge is 0.318 e. The maximum atomic E-state index is 12.6. The van der Waals surface area contributed by atoms with Crippen LogP contribution in [0.3, 0.4) is 0 Å². The number of esters is 2. The highest BCUT2D eigenvalue weighted by Gasteiger charge is 2.55. The first-order valence-corrected chi connectivity index (χ1v) is 7.19. The van der Waals surface area contributed by atoms with Crippen molar-refractivity contribution in [3.05, 3.63) is 0 Å². The summed E-state index contributed by atoms with van der Waals surface area (Å²) in [5, 5.41) is 0. The fraction of sp³-hybridized carbons (Fsp3) is 0.786. The van der Waals surface area contributed by atoms with Crippen molar-refractivity contribution in [3.63, 3.8) is 0 Å². The zero-order valence-electron chi connectivity index (χ0n) is 12.5. The summed E-state index contributed by atoms with van der Waals surface area (Å²) in [6.45, 7) is 4.28. The van der Waals surface area contributed by atoms with Gasteiger partial charge in [-0.15, -0.1) is 0 Å². The van der Waals surface area contributed by atoms with Gasteiger partial charge in [0.15, 0.2) is 5.78 Å². The lowest BCUT2D eigenvalue weighted by molar-refractivity contribution is -0.179. The predicted octanol–water partition coefficient (Wildman–Crippen LogP) is -0.373. The molecule has 0 aromatic rings. The summed E-state index contributed by atoms with van der Waals surface area (Å²) < 4.78 is 15.4. The van der Waals surface area contributed by atoms with Crippen LogP contribution in [0.15, 0.2) is 0 Å². The summed E-state index contributed by atoms with van der Waals surface area (Å²) in [6, 6.07) is -0.776. The Bertz CT molecular complexity index is 401. The highest BCUT2D eigenvalue weighted by Crippen LogP contribution is 2.33. The van der Waals surface area contributed by atoms with E-state index in [-0.39, 0.29) is 38.5 Å². The van der Waals surface area contributed by atoms with Gasteiger partial charge in [0.2, 0.25) is 0 Å². The number of piperidine rings is 1. The maximum absolute atomic E-state index is 12.6. The van der Waals surface area contributed by atoms with Gasteiger partial charge in [0.1, 0.15) is 11.8 Å². The number of ketones is 1. The molecule has 0 aromatic heterocycles. The molecular weight excluding hydrogens is 278 g/mol. The average molecular weight is 299 g/mol. The Labute approximate surface area is 123 Å². The molecule has 2 bridgehead atoms. The van der Waals surface area contributed by atoms with Gasteiger partial charge in [0.25, 0.3) is 0 Å². The van der Waals surface area contributed by atoms with E-state index in [1.165, 1.54) is 0 Å². The molecular formula is C14H21NO6. The van der Waals surface area contributed by atoms with Crippen LogP contribution in [0.1, 0.15) is 13.8 Å². The highest BCUT2D eigenvalue weighted by atomic mass is 16.5. The molecule has 0 aromatic carbocycles. The van der Waals surface area contributed by atoms with Crippen LogP contribution in [0.25, 0.3) is 0 Å². The number of hydrogen-bond donors (Lipinski definition) is 0. The standard InChI is InChI=1S/C14H21NO6/c1-4-20-13(17)10-8-6-19-7-9(15(8)3)11(12(10)16)14(18)21-5-2/h8-11H,4-7H2,1-3H3. The van der Waals surface area contributed by atoms with E-state index < -0.39 is 29.6 Å². The predicted molar refractivity (Wildman–Crippen MR) is 71.4 cm³/mol. The highest BCUT2D eigenvalue weighted by molar-refractivity contribution is 6.10. The van der Waals surface area contributed by atoms with Gasteiger partial charge < -0.3 is 14.2 Å². The number of hydrogen-bond acceptors (Lipinski definition) is 7. The number of Topliss-reactive ketones (excluding diaryl/α,β-unsaturated/α-hetero) is 1. The fourth-order valence-corrected chi connectivity index (χ4v) is 3.04. The molecule has 118 valence electrons. The van der Waals surface area contributed by atoms with Crippen LogP contribution in [-0.2, 0) is 28.6 Å². The molecule has 2 saturated heterocycles. The minimum absolute atomic E-state index is 0.188. The molecule has 0 amide bonds. The number of ether oxygens (including phenoxy) is 3. The molecule has 21 heavy (non-hydrogen) atoms. The zero-order chi connectivity index (χ0) is 15.6. The van der Waals surface area contributed by atoms with Crippen molar-refractivity contribution in [2.24, 2.45) is 11.8 Å². The van der Waals surface area contributed by atoms with Crippen molar-refractivity contribution >= 4 is 17.7 Å². The van der Waals surface area contributed by atoms with E-state index >= 15 is 0 Å². The van der Waals surface area contributed by atoms with Crippen LogP contribution < -0.4 is 0 Å². The number of nitrogens with zero attached hydrogens (tertiary/aromatic N) is 1. The zero-order valence-corrected chi connectivity index (χ0v) is 12.5. The van der Waals surface area contributed by atoms with Gasteiger partial charge in [-0.1, -0.05) is 0 Å². The number of carbonyl (C=O) groups excluding carboxylic acids is 3. The second-order valence-corrected chi connectivity index (χ2v) is 5.20. The van der Waals surface area contributed by atoms with Crippen LogP contribution in [-0.4, -0.2) is 68.2 Å². The molecule has 7 nitrogen and oxygen atoms in total. The third-order valence-corrected chi connectivity index (χ3v) is 4.09. The van der Waals surface area contributed by atoms with Crippen LogP contribution in [0.4, 0.5) is 0 Å². The minimum Gasteiger partial charge on any atom is -0.465 e. The van der Waals surface area contributed by atoms with E-state index in [0.29, 0.717) is 0 Å². The lowest BCUT2D eigenvalue weighted by Gasteiger charge is -2.48. The minimum atomic E-state index is -0.999. The molecule has 2 fully saturated rings. The molecule has 2 rings (SSSR count). The molecule has 7 heteroatoms. The number of fused-ring (bicyclic) bond motifs is 2. The number of carbonyl (C=O) groups is 3. The van der Waals surface area contributed by atoms with Crippen molar-refractivity contribution in [2.45, 2.75) is 25.9 Å². The van der Waals surface area contributed by atoms with Crippen molar-refractivity contribution in [1.82, 2.24) is 4.90 Å². The van der Waals surface area contributed by atoms with Gasteiger partial charge in [0, 0.05) is 0 Å². The summed E-state index contributed by atoms with van der Waals surface area (Å²) in [4.78, 5) is 38.7. The Hall–Kier alpha value is -1.47. The summed E-state index contributed by atoms with van der Waals surface area (Å²) >= 11 is 0. The van der Waals surface area contributed by atoms with Crippen molar-refractivity contribution < 1.29 is 28.6 Å². The molecule has 2 aliphatic heterocycles. The SMILES string of the molecule is CCOC(=O)C1C(=O)C(C(=O)OCC)C2COCC1N2C. The Morgan fingerprint density at radius 1 is 1.10 bits per heavy atom. The molecule has 0 radical (unpaired) electrons. The summed E-state index contributed by atoms with van der Waals surface area (Å²) in [6.07, 6.45) is 0. The van der Waals surface area contributed by atoms with E-state index in [1.807, 2.05) is 4.90 Å². The van der Waals surface area contributed by atoms with Gasteiger partial charge in [-0.25, -0.2) is 0 Å². The molecule has 0 saturated carbocycles. The second kappa shape index (κ2) is 6.53. The van der Waals surface area contributed by atoms with Crippen molar-refractivity contribution in [2.75, 3.05) is 33.5 Å². The average Bonchev–Trinajstić information content (AvgIpc) is 2.41. The van der Waals surface area contributed by atoms with Gasteiger partial charge in [-0.2, -0.15) is 0 Å². The first kappa shape index (κ1) is 15.9. The Morgan fingerprint density at radius 2 is 1.52 bits per heavy atom. The molecule has 2 heterocycles. The van der Waals surface area contributed by atoms with E-state index in [9.17, 15) is 14.4 Å². The number of rotatable bonds is 4. The van der Waals surface area contributed by atoms with E-state index in [4.69, 9.17) is 14.2 Å². The van der Waals surface area contributed by atoms with Crippen LogP contribution in [0.5, 0.6) is 0 Å². The third-order valence-electron chi connectivity index (χ3n) is 4.09. The molecule has 0 N–H and O–H groups in total. The Morgan fingerprint density at radius 3 is 1.90 bits per heavy atom. The third kappa shape index (κ3) is 2.80. The quantitative estimate of drug-likeness (QED) is 0.517. The van der Waals surface area contributed by atoms with Crippen LogP contribution >= 0.6 is 0 Å². The lowest BCUT2D eigenvalue weighted by Crippen LogP contribution is -2.67. The lowest BCUT2D eigenvalue weighted by atomic mass is 9.76. The van der Waals surface area contributed by atoms with E-state index in [1.54, 1.807) is 20.9 Å². The van der Waals surface area contributed by atoms with Crippen molar-refractivity contribution in [3.8, 4) is 0 Å². The summed E-state index contributed by atoms with van der Waals surface area (Å²) in [7, 11) is 1.79. The molecule has 4 atom stereocenters. The number of likely N-dealkylation sites (N-methyl/N-ethyl adjacent to an activating group) is 1. The van der Waals surface area contributed by atoms with Crippen LogP contribution in [0, 0.1) is 11.8 Å². The van der Waals surface area contributed by atoms with Gasteiger partial charge >= 0.3 is 11.9 Å². The van der Waals surface area contributed by atoms with E-state index in [2.05, 4.69) is 0 Å². The van der Waals surface area contributed by atoms with Gasteiger partial charge in [-0.05, 0) is 20.9 Å². The first-order chi connectivity index (χ1) is 10.0. The largest absolute Gasteiger partial charge is 0.465 e. The summed E-state index contributed by atoms with van der Waals surface area (Å²) in [5.41, 5.74) is 0. The van der Waals surface area contributed by atoms with E-state index in [0.717, 1.165) is 0 Å². The Balaban J connectivity index is 2.31. The second-order valence-electron chi connectivity index (χ2n) is 5.20.